The minimum atomic E-state index is 0.227. The van der Waals surface area contributed by atoms with E-state index >= 15 is 0 Å². The van der Waals surface area contributed by atoms with Crippen molar-refractivity contribution in [2.45, 2.75) is 56.7 Å². The molecule has 1 unspecified atom stereocenters. The van der Waals surface area contributed by atoms with Crippen LogP contribution in [0.2, 0.25) is 0 Å². The van der Waals surface area contributed by atoms with E-state index < -0.39 is 0 Å². The van der Waals surface area contributed by atoms with E-state index in [0.717, 1.165) is 13.0 Å². The van der Waals surface area contributed by atoms with Gasteiger partial charge in [-0.3, -0.25) is 4.98 Å². The van der Waals surface area contributed by atoms with Crippen molar-refractivity contribution in [3.05, 3.63) is 30.1 Å². The van der Waals surface area contributed by atoms with Crippen LogP contribution in [0.3, 0.4) is 0 Å². The van der Waals surface area contributed by atoms with E-state index in [-0.39, 0.29) is 5.60 Å². The summed E-state index contributed by atoms with van der Waals surface area (Å²) in [7, 11) is 0. The summed E-state index contributed by atoms with van der Waals surface area (Å²) in [6.45, 7) is 3.14. The van der Waals surface area contributed by atoms with Crippen LogP contribution in [0.5, 0.6) is 0 Å². The van der Waals surface area contributed by atoms with E-state index in [4.69, 9.17) is 4.74 Å². The van der Waals surface area contributed by atoms with Gasteiger partial charge >= 0.3 is 0 Å². The zero-order valence-electron chi connectivity index (χ0n) is 11.1. The Bertz CT molecular complexity index is 389. The Labute approximate surface area is 109 Å². The first-order valence-corrected chi connectivity index (χ1v) is 7.07. The Morgan fingerprint density at radius 1 is 1.50 bits per heavy atom. The maximum absolute atomic E-state index is 5.97. The molecule has 1 aromatic heterocycles. The largest absolute Gasteiger partial charge is 0.375 e. The lowest BCUT2D eigenvalue weighted by molar-refractivity contribution is -0.136. The normalized spacial score (nSPS) is 27.7. The Morgan fingerprint density at radius 3 is 3.06 bits per heavy atom. The zero-order chi connectivity index (χ0) is 12.4. The second kappa shape index (κ2) is 4.98. The first-order valence-electron chi connectivity index (χ1n) is 7.07. The first kappa shape index (κ1) is 12.1. The van der Waals surface area contributed by atoms with Crippen LogP contribution in [-0.4, -0.2) is 23.2 Å². The third-order valence-electron chi connectivity index (χ3n) is 4.43. The summed E-state index contributed by atoms with van der Waals surface area (Å²) in [5, 5.41) is 3.74. The Kier molecular flexibility index (Phi) is 3.35. The molecule has 1 spiro atoms. The summed E-state index contributed by atoms with van der Waals surface area (Å²) < 4.78 is 5.97. The molecule has 18 heavy (non-hydrogen) atoms. The number of hydrogen-bond donors (Lipinski definition) is 1. The van der Waals surface area contributed by atoms with Crippen molar-refractivity contribution in [3.8, 4) is 0 Å². The predicted molar refractivity (Wildman–Crippen MR) is 71.3 cm³/mol. The van der Waals surface area contributed by atoms with Crippen molar-refractivity contribution in [2.24, 2.45) is 0 Å². The van der Waals surface area contributed by atoms with Crippen LogP contribution in [0, 0.1) is 0 Å². The highest BCUT2D eigenvalue weighted by Gasteiger charge is 2.42. The van der Waals surface area contributed by atoms with Crippen LogP contribution in [0.25, 0.3) is 0 Å². The second-order valence-corrected chi connectivity index (χ2v) is 5.75. The Morgan fingerprint density at radius 2 is 2.39 bits per heavy atom. The smallest absolute Gasteiger partial charge is 0.0697 e. The predicted octanol–water partition coefficient (Wildman–Crippen LogP) is 2.83. The fourth-order valence-electron chi connectivity index (χ4n) is 3.17. The fourth-order valence-corrected chi connectivity index (χ4v) is 3.17. The third-order valence-corrected chi connectivity index (χ3v) is 4.43. The zero-order valence-corrected chi connectivity index (χ0v) is 11.1. The first-order chi connectivity index (χ1) is 8.77. The van der Waals surface area contributed by atoms with Crippen molar-refractivity contribution >= 4 is 0 Å². The monoisotopic (exact) mass is 246 g/mol. The second-order valence-electron chi connectivity index (χ2n) is 5.75. The lowest BCUT2D eigenvalue weighted by atomic mass is 9.74. The van der Waals surface area contributed by atoms with E-state index in [9.17, 15) is 0 Å². The SMILES string of the molecule is C[C@H](NC1CCOC2(CCC2)C1)c1cccnc1. The van der Waals surface area contributed by atoms with Gasteiger partial charge in [-0.25, -0.2) is 0 Å². The summed E-state index contributed by atoms with van der Waals surface area (Å²) in [6.07, 6.45) is 9.94. The number of aromatic nitrogens is 1. The number of nitrogens with zero attached hydrogens (tertiary/aromatic N) is 1. The number of ether oxygens (including phenoxy) is 1. The molecule has 2 heterocycles. The van der Waals surface area contributed by atoms with Gasteiger partial charge in [-0.2, -0.15) is 0 Å². The van der Waals surface area contributed by atoms with Gasteiger partial charge < -0.3 is 10.1 Å². The summed E-state index contributed by atoms with van der Waals surface area (Å²) in [4.78, 5) is 4.19. The van der Waals surface area contributed by atoms with Crippen LogP contribution in [-0.2, 0) is 4.74 Å². The summed E-state index contributed by atoms with van der Waals surface area (Å²) in [6, 6.07) is 5.11. The highest BCUT2D eigenvalue weighted by molar-refractivity contribution is 5.13. The van der Waals surface area contributed by atoms with Crippen molar-refractivity contribution in [1.82, 2.24) is 10.3 Å². The van der Waals surface area contributed by atoms with Gasteiger partial charge in [0.05, 0.1) is 5.60 Å². The Hall–Kier alpha value is -0.930. The molecule has 1 aromatic rings. The molecule has 1 aliphatic carbocycles. The van der Waals surface area contributed by atoms with Crippen LogP contribution < -0.4 is 5.32 Å². The molecule has 2 atom stereocenters. The number of pyridine rings is 1. The highest BCUT2D eigenvalue weighted by Crippen LogP contribution is 2.42. The fraction of sp³-hybridized carbons (Fsp3) is 0.667. The molecule has 0 amide bonds. The van der Waals surface area contributed by atoms with Gasteiger partial charge in [-0.05, 0) is 50.7 Å². The van der Waals surface area contributed by atoms with Crippen LogP contribution >= 0.6 is 0 Å². The standard InChI is InChI=1S/C15H22N2O/c1-12(13-4-2-8-16-11-13)17-14-5-9-18-15(10-14)6-3-7-15/h2,4,8,11-12,14,17H,3,5-7,9-10H2,1H3/t12-,14?/m0/s1. The minimum Gasteiger partial charge on any atom is -0.375 e. The molecule has 1 saturated heterocycles. The Balaban J connectivity index is 1.59. The quantitative estimate of drug-likeness (QED) is 0.890. The molecule has 0 bridgehead atoms. The molecule has 1 N–H and O–H groups in total. The molecule has 3 heteroatoms. The van der Waals surface area contributed by atoms with E-state index in [0.29, 0.717) is 12.1 Å². The van der Waals surface area contributed by atoms with Gasteiger partial charge in [0, 0.05) is 31.1 Å². The van der Waals surface area contributed by atoms with E-state index in [2.05, 4.69) is 23.3 Å². The molecule has 3 rings (SSSR count). The highest BCUT2D eigenvalue weighted by atomic mass is 16.5. The molecule has 1 aliphatic heterocycles. The van der Waals surface area contributed by atoms with Crippen LogP contribution in [0.1, 0.15) is 50.6 Å². The molecule has 2 fully saturated rings. The van der Waals surface area contributed by atoms with Gasteiger partial charge in [0.1, 0.15) is 0 Å². The number of nitrogens with one attached hydrogen (secondary N) is 1. The van der Waals surface area contributed by atoms with Crippen molar-refractivity contribution in [2.75, 3.05) is 6.61 Å². The molecular weight excluding hydrogens is 224 g/mol. The number of rotatable bonds is 3. The summed E-state index contributed by atoms with van der Waals surface area (Å²) in [5.41, 5.74) is 1.50. The number of hydrogen-bond acceptors (Lipinski definition) is 3. The molecular formula is C15H22N2O. The van der Waals surface area contributed by atoms with Crippen molar-refractivity contribution in [3.63, 3.8) is 0 Å². The van der Waals surface area contributed by atoms with Gasteiger partial charge in [0.2, 0.25) is 0 Å². The average molecular weight is 246 g/mol. The molecule has 0 radical (unpaired) electrons. The van der Waals surface area contributed by atoms with E-state index in [1.165, 1.54) is 31.2 Å². The topological polar surface area (TPSA) is 34.1 Å². The van der Waals surface area contributed by atoms with E-state index in [1.807, 2.05) is 18.5 Å². The molecule has 1 saturated carbocycles. The van der Waals surface area contributed by atoms with Crippen LogP contribution in [0.4, 0.5) is 0 Å². The summed E-state index contributed by atoms with van der Waals surface area (Å²) >= 11 is 0. The average Bonchev–Trinajstić information content (AvgIpc) is 2.38. The maximum atomic E-state index is 5.97. The van der Waals surface area contributed by atoms with Crippen LogP contribution in [0.15, 0.2) is 24.5 Å². The minimum absolute atomic E-state index is 0.227. The lowest BCUT2D eigenvalue weighted by Crippen LogP contribution is -2.51. The maximum Gasteiger partial charge on any atom is 0.0697 e. The lowest BCUT2D eigenvalue weighted by Gasteiger charge is -2.47. The van der Waals surface area contributed by atoms with Crippen molar-refractivity contribution < 1.29 is 4.74 Å². The van der Waals surface area contributed by atoms with E-state index in [1.54, 1.807) is 0 Å². The molecule has 2 aliphatic rings. The molecule has 0 aromatic carbocycles. The third kappa shape index (κ3) is 2.43. The van der Waals surface area contributed by atoms with Gasteiger partial charge in [-0.1, -0.05) is 6.07 Å². The summed E-state index contributed by atoms with van der Waals surface area (Å²) in [5.74, 6) is 0. The van der Waals surface area contributed by atoms with Gasteiger partial charge in [-0.15, -0.1) is 0 Å². The van der Waals surface area contributed by atoms with Gasteiger partial charge in [0.15, 0.2) is 0 Å². The molecule has 3 nitrogen and oxygen atoms in total. The molecule has 98 valence electrons. The van der Waals surface area contributed by atoms with Gasteiger partial charge in [0.25, 0.3) is 0 Å². The van der Waals surface area contributed by atoms with Crippen molar-refractivity contribution in [1.29, 1.82) is 0 Å².